The van der Waals surface area contributed by atoms with E-state index in [4.69, 9.17) is 16.3 Å². The molecule has 130 valence electrons. The highest BCUT2D eigenvalue weighted by Crippen LogP contribution is 2.28. The molecule has 25 heavy (non-hydrogen) atoms. The summed E-state index contributed by atoms with van der Waals surface area (Å²) in [6.45, 7) is 1.50. The SMILES string of the molecule is COc1ccc(Cl)cc1NC(=O)c1cc(C(=O)N2CCCC2)ccn1. The molecule has 0 saturated carbocycles. The maximum Gasteiger partial charge on any atom is 0.274 e. The van der Waals surface area contributed by atoms with Crippen molar-refractivity contribution in [1.29, 1.82) is 0 Å². The highest BCUT2D eigenvalue weighted by atomic mass is 35.5. The van der Waals surface area contributed by atoms with Crippen LogP contribution in [0.5, 0.6) is 5.75 Å². The van der Waals surface area contributed by atoms with Gasteiger partial charge in [0.1, 0.15) is 11.4 Å². The Bertz CT molecular complexity index is 804. The third kappa shape index (κ3) is 3.91. The number of halogens is 1. The fourth-order valence-corrected chi connectivity index (χ4v) is 2.93. The van der Waals surface area contributed by atoms with Crippen LogP contribution in [-0.4, -0.2) is 41.9 Å². The second kappa shape index (κ2) is 7.53. The van der Waals surface area contributed by atoms with E-state index >= 15 is 0 Å². The van der Waals surface area contributed by atoms with E-state index in [1.807, 2.05) is 0 Å². The molecule has 1 aromatic carbocycles. The van der Waals surface area contributed by atoms with Crippen LogP contribution >= 0.6 is 11.6 Å². The number of aromatic nitrogens is 1. The van der Waals surface area contributed by atoms with Crippen molar-refractivity contribution in [3.05, 3.63) is 52.8 Å². The molecule has 1 N–H and O–H groups in total. The van der Waals surface area contributed by atoms with Crippen molar-refractivity contribution in [3.63, 3.8) is 0 Å². The summed E-state index contributed by atoms with van der Waals surface area (Å²) in [4.78, 5) is 30.8. The molecular formula is C18H18ClN3O3. The summed E-state index contributed by atoms with van der Waals surface area (Å²) in [7, 11) is 1.51. The molecule has 0 aliphatic carbocycles. The normalized spacial score (nSPS) is 13.6. The van der Waals surface area contributed by atoms with Gasteiger partial charge in [-0.3, -0.25) is 14.6 Å². The molecule has 3 rings (SSSR count). The van der Waals surface area contributed by atoms with E-state index in [0.29, 0.717) is 22.0 Å². The largest absolute Gasteiger partial charge is 0.495 e. The number of benzene rings is 1. The van der Waals surface area contributed by atoms with Gasteiger partial charge in [0.25, 0.3) is 11.8 Å². The number of methoxy groups -OCH3 is 1. The molecule has 2 amide bonds. The average Bonchev–Trinajstić information content (AvgIpc) is 3.16. The minimum absolute atomic E-state index is 0.0747. The van der Waals surface area contributed by atoms with Crippen LogP contribution in [-0.2, 0) is 0 Å². The number of rotatable bonds is 4. The van der Waals surface area contributed by atoms with Crippen LogP contribution < -0.4 is 10.1 Å². The van der Waals surface area contributed by atoms with Gasteiger partial charge in [-0.25, -0.2) is 0 Å². The number of nitrogens with zero attached hydrogens (tertiary/aromatic N) is 2. The first kappa shape index (κ1) is 17.2. The zero-order valence-corrected chi connectivity index (χ0v) is 14.5. The number of amides is 2. The molecule has 1 saturated heterocycles. The number of likely N-dealkylation sites (tertiary alicyclic amines) is 1. The Balaban J connectivity index is 1.80. The maximum absolute atomic E-state index is 12.5. The molecule has 1 fully saturated rings. The van der Waals surface area contributed by atoms with Crippen LogP contribution in [0.15, 0.2) is 36.5 Å². The third-order valence-electron chi connectivity index (χ3n) is 4.04. The van der Waals surface area contributed by atoms with E-state index in [9.17, 15) is 9.59 Å². The first-order valence-electron chi connectivity index (χ1n) is 7.98. The van der Waals surface area contributed by atoms with E-state index in [0.717, 1.165) is 25.9 Å². The minimum atomic E-state index is -0.434. The molecule has 6 nitrogen and oxygen atoms in total. The van der Waals surface area contributed by atoms with Gasteiger partial charge in [0.15, 0.2) is 0 Å². The Morgan fingerprint density at radius 3 is 2.68 bits per heavy atom. The fourth-order valence-electron chi connectivity index (χ4n) is 2.75. The third-order valence-corrected chi connectivity index (χ3v) is 4.28. The molecule has 1 aliphatic rings. The molecule has 1 aromatic heterocycles. The van der Waals surface area contributed by atoms with E-state index in [-0.39, 0.29) is 11.6 Å². The number of ether oxygens (including phenoxy) is 1. The second-order valence-electron chi connectivity index (χ2n) is 5.73. The predicted molar refractivity (Wildman–Crippen MR) is 95.3 cm³/mol. The molecule has 2 heterocycles. The molecule has 0 atom stereocenters. The van der Waals surface area contributed by atoms with Crippen molar-refractivity contribution in [3.8, 4) is 5.75 Å². The highest BCUT2D eigenvalue weighted by Gasteiger charge is 2.21. The lowest BCUT2D eigenvalue weighted by Gasteiger charge is -2.15. The number of anilines is 1. The minimum Gasteiger partial charge on any atom is -0.495 e. The summed E-state index contributed by atoms with van der Waals surface area (Å²) in [5.74, 6) is -0.0204. The van der Waals surface area contributed by atoms with Crippen molar-refractivity contribution in [2.45, 2.75) is 12.8 Å². The zero-order chi connectivity index (χ0) is 17.8. The summed E-state index contributed by atoms with van der Waals surface area (Å²) in [5, 5.41) is 3.19. The van der Waals surface area contributed by atoms with Crippen molar-refractivity contribution in [2.75, 3.05) is 25.5 Å². The van der Waals surface area contributed by atoms with E-state index in [1.165, 1.54) is 19.4 Å². The Labute approximate surface area is 150 Å². The maximum atomic E-state index is 12.5. The van der Waals surface area contributed by atoms with Gasteiger partial charge in [-0.2, -0.15) is 0 Å². The Morgan fingerprint density at radius 1 is 1.20 bits per heavy atom. The van der Waals surface area contributed by atoms with Gasteiger partial charge >= 0.3 is 0 Å². The summed E-state index contributed by atoms with van der Waals surface area (Å²) < 4.78 is 5.21. The first-order valence-corrected chi connectivity index (χ1v) is 8.36. The molecular weight excluding hydrogens is 342 g/mol. The number of nitrogens with one attached hydrogen (secondary N) is 1. The highest BCUT2D eigenvalue weighted by molar-refractivity contribution is 6.31. The molecule has 0 spiro atoms. The van der Waals surface area contributed by atoms with E-state index in [1.54, 1.807) is 29.2 Å². The molecule has 7 heteroatoms. The van der Waals surface area contributed by atoms with Crippen LogP contribution in [0.2, 0.25) is 5.02 Å². The average molecular weight is 360 g/mol. The van der Waals surface area contributed by atoms with Gasteiger partial charge in [-0.15, -0.1) is 0 Å². The fraction of sp³-hybridized carbons (Fsp3) is 0.278. The standard InChI is InChI=1S/C18H18ClN3O3/c1-25-16-5-4-13(19)11-14(16)21-17(23)15-10-12(6-7-20-15)18(24)22-8-2-3-9-22/h4-7,10-11H,2-3,8-9H2,1H3,(H,21,23). The molecule has 2 aromatic rings. The number of carbonyl (C=O) groups excluding carboxylic acids is 2. The van der Waals surface area contributed by atoms with E-state index in [2.05, 4.69) is 10.3 Å². The second-order valence-corrected chi connectivity index (χ2v) is 6.16. The molecule has 0 radical (unpaired) electrons. The number of carbonyl (C=O) groups is 2. The predicted octanol–water partition coefficient (Wildman–Crippen LogP) is 3.23. The number of hydrogen-bond acceptors (Lipinski definition) is 4. The van der Waals surface area contributed by atoms with Crippen LogP contribution in [0.25, 0.3) is 0 Å². The number of pyridine rings is 1. The van der Waals surface area contributed by atoms with Crippen molar-refractivity contribution in [1.82, 2.24) is 9.88 Å². The molecule has 0 bridgehead atoms. The lowest BCUT2D eigenvalue weighted by molar-refractivity contribution is 0.0792. The van der Waals surface area contributed by atoms with Crippen molar-refractivity contribution in [2.24, 2.45) is 0 Å². The summed E-state index contributed by atoms with van der Waals surface area (Å²) >= 11 is 5.97. The van der Waals surface area contributed by atoms with Crippen molar-refractivity contribution < 1.29 is 14.3 Å². The van der Waals surface area contributed by atoms with E-state index < -0.39 is 5.91 Å². The van der Waals surface area contributed by atoms with Crippen LogP contribution in [0, 0.1) is 0 Å². The Hall–Kier alpha value is -2.60. The van der Waals surface area contributed by atoms with Gasteiger partial charge in [0.05, 0.1) is 12.8 Å². The van der Waals surface area contributed by atoms with Gasteiger partial charge in [0, 0.05) is 29.9 Å². The quantitative estimate of drug-likeness (QED) is 0.909. The lowest BCUT2D eigenvalue weighted by atomic mass is 10.2. The monoisotopic (exact) mass is 359 g/mol. The molecule has 0 unspecified atom stereocenters. The Morgan fingerprint density at radius 2 is 1.96 bits per heavy atom. The smallest absolute Gasteiger partial charge is 0.274 e. The van der Waals surface area contributed by atoms with Crippen molar-refractivity contribution >= 4 is 29.1 Å². The van der Waals surface area contributed by atoms with Crippen LogP contribution in [0.1, 0.15) is 33.7 Å². The summed E-state index contributed by atoms with van der Waals surface area (Å²) in [6, 6.07) is 8.06. The van der Waals surface area contributed by atoms with Gasteiger partial charge < -0.3 is 15.0 Å². The summed E-state index contributed by atoms with van der Waals surface area (Å²) in [5.41, 5.74) is 1.06. The number of hydrogen-bond donors (Lipinski definition) is 1. The zero-order valence-electron chi connectivity index (χ0n) is 13.8. The lowest BCUT2D eigenvalue weighted by Crippen LogP contribution is -2.28. The van der Waals surface area contributed by atoms with Crippen LogP contribution in [0.4, 0.5) is 5.69 Å². The van der Waals surface area contributed by atoms with Gasteiger partial charge in [0.2, 0.25) is 0 Å². The van der Waals surface area contributed by atoms with Crippen LogP contribution in [0.3, 0.4) is 0 Å². The topological polar surface area (TPSA) is 71.5 Å². The summed E-state index contributed by atoms with van der Waals surface area (Å²) in [6.07, 6.45) is 3.49. The first-order chi connectivity index (χ1) is 12.1. The van der Waals surface area contributed by atoms with Gasteiger partial charge in [-0.1, -0.05) is 11.6 Å². The van der Waals surface area contributed by atoms with Gasteiger partial charge in [-0.05, 0) is 43.2 Å². The molecule has 1 aliphatic heterocycles. The Kier molecular flexibility index (Phi) is 5.19.